The van der Waals surface area contributed by atoms with Crippen molar-refractivity contribution >= 4 is 11.1 Å². The van der Waals surface area contributed by atoms with Crippen LogP contribution in [0.4, 0.5) is 4.39 Å². The lowest BCUT2D eigenvalue weighted by Crippen LogP contribution is -2.26. The first kappa shape index (κ1) is 26.1. The monoisotopic (exact) mass is 517 g/mol. The zero-order valence-electron chi connectivity index (χ0n) is 22.2. The third-order valence-electron chi connectivity index (χ3n) is 7.26. The van der Waals surface area contributed by atoms with Crippen LogP contribution in [0.2, 0.25) is 0 Å². The molecule has 2 aliphatic rings. The van der Waals surface area contributed by atoms with Gasteiger partial charge in [-0.3, -0.25) is 9.29 Å². The number of nitrogens with zero attached hydrogens (tertiary/aromatic N) is 1. The average molecular weight is 518 g/mol. The van der Waals surface area contributed by atoms with Crippen LogP contribution < -0.4 is 14.2 Å². The average Bonchev–Trinajstić information content (AvgIpc) is 3.27. The molecule has 1 atom stereocenters. The molecule has 5 nitrogen and oxygen atoms in total. The molecule has 3 aromatic rings. The summed E-state index contributed by atoms with van der Waals surface area (Å²) >= 11 is 0. The van der Waals surface area contributed by atoms with Crippen molar-refractivity contribution in [2.24, 2.45) is 0 Å². The van der Waals surface area contributed by atoms with Crippen LogP contribution >= 0.6 is 0 Å². The number of phenolic OH excluding ortho intramolecular Hbond substituents is 1. The Hall–Kier alpha value is -3.51. The first-order valence-corrected chi connectivity index (χ1v) is 13.5. The highest BCUT2D eigenvalue weighted by Crippen LogP contribution is 2.43. The molecule has 38 heavy (non-hydrogen) atoms. The Bertz CT molecular complexity index is 1290. The highest BCUT2D eigenvalue weighted by molar-refractivity contribution is 6.01. The summed E-state index contributed by atoms with van der Waals surface area (Å²) in [5.74, 6) is 2.56. The summed E-state index contributed by atoms with van der Waals surface area (Å²) in [5.41, 5.74) is 6.61. The molecule has 5 rings (SSSR count). The smallest absolute Gasteiger partial charge is 0.130 e. The molecule has 0 bridgehead atoms. The molecule has 0 aromatic heterocycles. The number of ether oxygens (including phenoxy) is 3. The normalized spacial score (nSPS) is 17.6. The van der Waals surface area contributed by atoms with E-state index in [2.05, 4.69) is 36.1 Å². The highest BCUT2D eigenvalue weighted by Gasteiger charge is 2.25. The topological polar surface area (TPSA) is 51.2 Å². The lowest BCUT2D eigenvalue weighted by molar-refractivity contribution is 0.198. The van der Waals surface area contributed by atoms with Gasteiger partial charge >= 0.3 is 0 Å². The van der Waals surface area contributed by atoms with Gasteiger partial charge in [0.05, 0.1) is 19.9 Å². The van der Waals surface area contributed by atoms with Gasteiger partial charge in [0.25, 0.3) is 0 Å². The first-order valence-electron chi connectivity index (χ1n) is 13.5. The summed E-state index contributed by atoms with van der Waals surface area (Å²) in [7, 11) is 0. The van der Waals surface area contributed by atoms with E-state index in [0.29, 0.717) is 25.4 Å². The molecule has 200 valence electrons. The van der Waals surface area contributed by atoms with Crippen LogP contribution in [-0.2, 0) is 0 Å². The van der Waals surface area contributed by atoms with Gasteiger partial charge in [-0.25, -0.2) is 0 Å². The van der Waals surface area contributed by atoms with E-state index in [1.54, 1.807) is 12.1 Å². The van der Waals surface area contributed by atoms with Crippen LogP contribution in [0, 0.1) is 6.92 Å². The summed E-state index contributed by atoms with van der Waals surface area (Å²) < 4.78 is 30.7. The van der Waals surface area contributed by atoms with E-state index in [-0.39, 0.29) is 18.5 Å². The Balaban J connectivity index is 1.49. The second-order valence-corrected chi connectivity index (χ2v) is 9.94. The first-order chi connectivity index (χ1) is 18.6. The van der Waals surface area contributed by atoms with Gasteiger partial charge in [0.1, 0.15) is 29.1 Å². The van der Waals surface area contributed by atoms with Crippen LogP contribution in [0.1, 0.15) is 48.4 Å². The molecule has 2 aliphatic heterocycles. The molecule has 0 aliphatic carbocycles. The fraction of sp³-hybridized carbons (Fsp3) is 0.375. The Morgan fingerprint density at radius 2 is 1.82 bits per heavy atom. The van der Waals surface area contributed by atoms with E-state index in [9.17, 15) is 9.50 Å². The molecule has 1 saturated heterocycles. The van der Waals surface area contributed by atoms with Gasteiger partial charge in [0.2, 0.25) is 0 Å². The Morgan fingerprint density at radius 3 is 2.58 bits per heavy atom. The Labute approximate surface area is 224 Å². The summed E-state index contributed by atoms with van der Waals surface area (Å²) in [4.78, 5) is 2.27. The number of hydrogen-bond donors (Lipinski definition) is 1. The summed E-state index contributed by atoms with van der Waals surface area (Å²) in [5, 5.41) is 10.1. The highest BCUT2D eigenvalue weighted by atomic mass is 19.1. The van der Waals surface area contributed by atoms with Gasteiger partial charge in [-0.15, -0.1) is 0 Å². The molecule has 6 heteroatoms. The second-order valence-electron chi connectivity index (χ2n) is 9.94. The molecule has 1 fully saturated rings. The molecule has 1 N–H and O–H groups in total. The van der Waals surface area contributed by atoms with E-state index in [4.69, 9.17) is 14.2 Å². The lowest BCUT2D eigenvalue weighted by atomic mass is 9.86. The number of fused-ring (bicyclic) bond motifs is 1. The van der Waals surface area contributed by atoms with Crippen molar-refractivity contribution in [3.63, 3.8) is 0 Å². The number of aryl methyl sites for hydroxylation is 1. The predicted molar refractivity (Wildman–Crippen MR) is 149 cm³/mol. The van der Waals surface area contributed by atoms with Crippen LogP contribution in [0.5, 0.6) is 23.0 Å². The molecular weight excluding hydrogens is 481 g/mol. The van der Waals surface area contributed by atoms with Crippen molar-refractivity contribution < 1.29 is 23.7 Å². The van der Waals surface area contributed by atoms with Crippen molar-refractivity contribution in [2.75, 3.05) is 39.5 Å². The third kappa shape index (κ3) is 5.81. The van der Waals surface area contributed by atoms with E-state index < -0.39 is 0 Å². The number of alkyl halides is 1. The van der Waals surface area contributed by atoms with Crippen LogP contribution in [-0.4, -0.2) is 55.6 Å². The molecular formula is C32H36FNO4. The quantitative estimate of drug-likeness (QED) is 0.344. The SMILES string of the molecule is CCOc1ccc(C2=C(c3ccc(O[C@H]4CCN(CCCF)C4)cc3)c3ccc(O)cc3OCC2)c(C)c1. The zero-order valence-corrected chi connectivity index (χ0v) is 22.2. The standard InChI is InChI=1S/C32H36FNO4/c1-3-36-26-10-12-28(22(2)19-26)29-14-18-37-31-20-24(35)7-11-30(31)32(29)23-5-8-25(9-6-23)38-27-13-17-34(21-27)16-4-15-33/h5-12,19-20,27,35H,3-4,13-18,21H2,1-2H3/t27-/m0/s1. The van der Waals surface area contributed by atoms with Gasteiger partial charge in [0, 0.05) is 37.7 Å². The van der Waals surface area contributed by atoms with E-state index in [0.717, 1.165) is 71.8 Å². The van der Waals surface area contributed by atoms with Crippen molar-refractivity contribution in [1.29, 1.82) is 0 Å². The predicted octanol–water partition coefficient (Wildman–Crippen LogP) is 6.65. The number of hydrogen-bond acceptors (Lipinski definition) is 5. The number of rotatable bonds is 9. The van der Waals surface area contributed by atoms with E-state index >= 15 is 0 Å². The largest absolute Gasteiger partial charge is 0.508 e. The zero-order chi connectivity index (χ0) is 26.5. The summed E-state index contributed by atoms with van der Waals surface area (Å²) in [6.07, 6.45) is 2.38. The van der Waals surface area contributed by atoms with Crippen LogP contribution in [0.25, 0.3) is 11.1 Å². The molecule has 0 saturated carbocycles. The maximum atomic E-state index is 12.5. The van der Waals surface area contributed by atoms with Crippen molar-refractivity contribution in [2.45, 2.75) is 39.2 Å². The maximum Gasteiger partial charge on any atom is 0.130 e. The molecule has 0 unspecified atom stereocenters. The molecule has 0 amide bonds. The number of phenols is 1. The fourth-order valence-corrected chi connectivity index (χ4v) is 5.49. The van der Waals surface area contributed by atoms with E-state index in [1.165, 1.54) is 5.57 Å². The van der Waals surface area contributed by atoms with Crippen molar-refractivity contribution in [3.05, 3.63) is 82.9 Å². The second kappa shape index (κ2) is 11.9. The number of likely N-dealkylation sites (tertiary alicyclic amines) is 1. The number of halogens is 1. The van der Waals surface area contributed by atoms with Gasteiger partial charge in [-0.05, 0) is 90.9 Å². The Morgan fingerprint density at radius 1 is 1.03 bits per heavy atom. The summed E-state index contributed by atoms with van der Waals surface area (Å²) in [6.45, 7) is 7.54. The minimum absolute atomic E-state index is 0.122. The van der Waals surface area contributed by atoms with Crippen LogP contribution in [0.3, 0.4) is 0 Å². The van der Waals surface area contributed by atoms with E-state index in [1.807, 2.05) is 31.2 Å². The Kier molecular flexibility index (Phi) is 8.18. The fourth-order valence-electron chi connectivity index (χ4n) is 5.49. The van der Waals surface area contributed by atoms with Crippen molar-refractivity contribution in [3.8, 4) is 23.0 Å². The molecule has 2 heterocycles. The van der Waals surface area contributed by atoms with Gasteiger partial charge in [-0.2, -0.15) is 0 Å². The van der Waals surface area contributed by atoms with Gasteiger partial charge in [-0.1, -0.05) is 18.2 Å². The van der Waals surface area contributed by atoms with Crippen molar-refractivity contribution in [1.82, 2.24) is 4.90 Å². The summed E-state index contributed by atoms with van der Waals surface area (Å²) in [6, 6.07) is 19.8. The van der Waals surface area contributed by atoms with Gasteiger partial charge in [0.15, 0.2) is 0 Å². The maximum absolute atomic E-state index is 12.5. The third-order valence-corrected chi connectivity index (χ3v) is 7.26. The minimum atomic E-state index is -0.273. The molecule has 0 radical (unpaired) electrons. The molecule has 3 aromatic carbocycles. The van der Waals surface area contributed by atoms with Gasteiger partial charge < -0.3 is 19.3 Å². The number of benzene rings is 3. The molecule has 0 spiro atoms. The number of aromatic hydroxyl groups is 1. The lowest BCUT2D eigenvalue weighted by Gasteiger charge is -2.19. The van der Waals surface area contributed by atoms with Crippen LogP contribution in [0.15, 0.2) is 60.7 Å². The minimum Gasteiger partial charge on any atom is -0.508 e.